The summed E-state index contributed by atoms with van der Waals surface area (Å²) < 4.78 is 0. The fourth-order valence-electron chi connectivity index (χ4n) is 1.40. The molecule has 2 aromatic rings. The van der Waals surface area contributed by atoms with Gasteiger partial charge in [0, 0.05) is 0 Å². The molecule has 0 bridgehead atoms. The van der Waals surface area contributed by atoms with Crippen molar-refractivity contribution in [2.45, 2.75) is 19.4 Å². The first-order valence-electron chi connectivity index (χ1n) is 5.17. The summed E-state index contributed by atoms with van der Waals surface area (Å²) in [4.78, 5) is 1.35. The minimum atomic E-state index is -1.04. The highest BCUT2D eigenvalue weighted by Gasteiger charge is 2.20. The van der Waals surface area contributed by atoms with Crippen LogP contribution in [0.15, 0.2) is 30.5 Å². The summed E-state index contributed by atoms with van der Waals surface area (Å²) in [6.07, 6.45) is 1.49. The Balaban J connectivity index is 2.49. The van der Waals surface area contributed by atoms with Crippen molar-refractivity contribution in [3.05, 3.63) is 41.7 Å². The van der Waals surface area contributed by atoms with E-state index in [0.717, 1.165) is 0 Å². The highest BCUT2D eigenvalue weighted by molar-refractivity contribution is 5.47. The maximum atomic E-state index is 9.79. The molecule has 86 valence electrons. The Morgan fingerprint density at radius 3 is 2.65 bits per heavy atom. The molecule has 0 aliphatic rings. The van der Waals surface area contributed by atoms with Gasteiger partial charge in [-0.25, -0.2) is 0 Å². The van der Waals surface area contributed by atoms with E-state index in [1.807, 2.05) is 6.07 Å². The molecule has 0 saturated heterocycles. The first kappa shape index (κ1) is 11.3. The molecule has 0 atom stereocenters. The van der Waals surface area contributed by atoms with Crippen molar-refractivity contribution in [2.24, 2.45) is 0 Å². The van der Waals surface area contributed by atoms with Gasteiger partial charge >= 0.3 is 0 Å². The van der Waals surface area contributed by atoms with Crippen molar-refractivity contribution in [3.63, 3.8) is 0 Å². The third-order valence-corrected chi connectivity index (χ3v) is 2.36. The molecule has 5 nitrogen and oxygen atoms in total. The van der Waals surface area contributed by atoms with E-state index in [1.165, 1.54) is 11.0 Å². The summed E-state index contributed by atoms with van der Waals surface area (Å²) in [5.41, 5.74) is 0.515. The zero-order valence-electron chi connectivity index (χ0n) is 9.62. The Kier molecular flexibility index (Phi) is 2.66. The molecule has 0 aliphatic heterocycles. The number of nitriles is 1. The van der Waals surface area contributed by atoms with Crippen LogP contribution in [0.2, 0.25) is 0 Å². The highest BCUT2D eigenvalue weighted by atomic mass is 16.3. The van der Waals surface area contributed by atoms with Crippen LogP contribution in [-0.2, 0) is 5.60 Å². The van der Waals surface area contributed by atoms with Crippen LogP contribution in [0.3, 0.4) is 0 Å². The third-order valence-electron chi connectivity index (χ3n) is 2.36. The van der Waals surface area contributed by atoms with E-state index in [2.05, 4.69) is 16.3 Å². The van der Waals surface area contributed by atoms with E-state index in [9.17, 15) is 5.11 Å². The third kappa shape index (κ3) is 2.17. The standard InChI is InChI=1S/C12H12N4O/c1-12(2,17)11-8-14-16(15-11)10-6-4-3-5-9(10)7-13/h3-6,8,17H,1-2H3. The van der Waals surface area contributed by atoms with E-state index in [1.54, 1.807) is 32.0 Å². The second kappa shape index (κ2) is 4.00. The SMILES string of the molecule is CC(C)(O)c1cnn(-c2ccccc2C#N)n1. The first-order valence-corrected chi connectivity index (χ1v) is 5.17. The van der Waals surface area contributed by atoms with Gasteiger partial charge in [0.2, 0.25) is 0 Å². The van der Waals surface area contributed by atoms with Crippen molar-refractivity contribution in [1.82, 2.24) is 15.0 Å². The van der Waals surface area contributed by atoms with Crippen LogP contribution in [0.5, 0.6) is 0 Å². The quantitative estimate of drug-likeness (QED) is 0.842. The van der Waals surface area contributed by atoms with Gasteiger partial charge in [0.05, 0.1) is 11.8 Å². The summed E-state index contributed by atoms with van der Waals surface area (Å²) in [6.45, 7) is 3.27. The molecule has 0 amide bonds. The Labute approximate surface area is 98.9 Å². The highest BCUT2D eigenvalue weighted by Crippen LogP contribution is 2.18. The van der Waals surface area contributed by atoms with Crippen molar-refractivity contribution in [2.75, 3.05) is 0 Å². The van der Waals surface area contributed by atoms with Gasteiger partial charge in [-0.15, -0.1) is 4.80 Å². The predicted octanol–water partition coefficient (Wildman–Crippen LogP) is 1.37. The number of aliphatic hydroxyl groups is 1. The fourth-order valence-corrected chi connectivity index (χ4v) is 1.40. The molecule has 0 radical (unpaired) electrons. The summed E-state index contributed by atoms with van der Waals surface area (Å²) >= 11 is 0. The zero-order chi connectivity index (χ0) is 12.5. The Morgan fingerprint density at radius 1 is 1.35 bits per heavy atom. The molecule has 1 aromatic carbocycles. The van der Waals surface area contributed by atoms with E-state index >= 15 is 0 Å². The monoisotopic (exact) mass is 228 g/mol. The topological polar surface area (TPSA) is 74.7 Å². The second-order valence-electron chi connectivity index (χ2n) is 4.21. The van der Waals surface area contributed by atoms with E-state index < -0.39 is 5.60 Å². The normalized spacial score (nSPS) is 11.2. The molecular formula is C12H12N4O. The number of benzene rings is 1. The smallest absolute Gasteiger partial charge is 0.114 e. The van der Waals surface area contributed by atoms with Crippen LogP contribution in [-0.4, -0.2) is 20.1 Å². The van der Waals surface area contributed by atoms with Crippen molar-refractivity contribution < 1.29 is 5.11 Å². The van der Waals surface area contributed by atoms with E-state index in [0.29, 0.717) is 16.9 Å². The van der Waals surface area contributed by atoms with Gasteiger partial charge in [-0.05, 0) is 26.0 Å². The van der Waals surface area contributed by atoms with Crippen LogP contribution in [0, 0.1) is 11.3 Å². The maximum absolute atomic E-state index is 9.79. The molecule has 0 unspecified atom stereocenters. The zero-order valence-corrected chi connectivity index (χ0v) is 9.62. The summed E-state index contributed by atoms with van der Waals surface area (Å²) in [5.74, 6) is 0. The minimum Gasteiger partial charge on any atom is -0.384 e. The molecule has 1 aromatic heterocycles. The molecule has 5 heteroatoms. The van der Waals surface area contributed by atoms with Gasteiger partial charge in [-0.2, -0.15) is 15.5 Å². The van der Waals surface area contributed by atoms with Crippen LogP contribution in [0.25, 0.3) is 5.69 Å². The van der Waals surface area contributed by atoms with Gasteiger partial charge in [0.1, 0.15) is 23.1 Å². The molecule has 2 rings (SSSR count). The van der Waals surface area contributed by atoms with Gasteiger partial charge in [-0.3, -0.25) is 0 Å². The number of hydrogen-bond acceptors (Lipinski definition) is 4. The Morgan fingerprint density at radius 2 is 2.06 bits per heavy atom. The minimum absolute atomic E-state index is 0.463. The van der Waals surface area contributed by atoms with Crippen molar-refractivity contribution >= 4 is 0 Å². The second-order valence-corrected chi connectivity index (χ2v) is 4.21. The van der Waals surface area contributed by atoms with Crippen LogP contribution < -0.4 is 0 Å². The predicted molar refractivity (Wildman–Crippen MR) is 61.3 cm³/mol. The maximum Gasteiger partial charge on any atom is 0.114 e. The molecule has 1 heterocycles. The molecule has 0 fully saturated rings. The van der Waals surface area contributed by atoms with Crippen LogP contribution in [0.4, 0.5) is 0 Å². The lowest BCUT2D eigenvalue weighted by Crippen LogP contribution is -2.16. The van der Waals surface area contributed by atoms with Gasteiger partial charge in [0.25, 0.3) is 0 Å². The Bertz CT molecular complexity index is 575. The molecular weight excluding hydrogens is 216 g/mol. The molecule has 0 aliphatic carbocycles. The molecule has 0 spiro atoms. The molecule has 17 heavy (non-hydrogen) atoms. The largest absolute Gasteiger partial charge is 0.384 e. The summed E-state index contributed by atoms with van der Waals surface area (Å²) in [5, 5.41) is 27.0. The van der Waals surface area contributed by atoms with Crippen LogP contribution >= 0.6 is 0 Å². The lowest BCUT2D eigenvalue weighted by molar-refractivity contribution is 0.0734. The summed E-state index contributed by atoms with van der Waals surface area (Å²) in [7, 11) is 0. The van der Waals surface area contributed by atoms with Gasteiger partial charge in [-0.1, -0.05) is 12.1 Å². The lowest BCUT2D eigenvalue weighted by atomic mass is 10.1. The Hall–Kier alpha value is -2.19. The lowest BCUT2D eigenvalue weighted by Gasteiger charge is -2.12. The average molecular weight is 228 g/mol. The number of aromatic nitrogens is 3. The van der Waals surface area contributed by atoms with Gasteiger partial charge < -0.3 is 5.11 Å². The van der Waals surface area contributed by atoms with Crippen molar-refractivity contribution in [1.29, 1.82) is 5.26 Å². The fraction of sp³-hybridized carbons (Fsp3) is 0.250. The number of nitrogens with zero attached hydrogens (tertiary/aromatic N) is 4. The van der Waals surface area contributed by atoms with Crippen molar-refractivity contribution in [3.8, 4) is 11.8 Å². The molecule has 1 N–H and O–H groups in total. The summed E-state index contributed by atoms with van der Waals surface area (Å²) in [6, 6.07) is 9.12. The van der Waals surface area contributed by atoms with E-state index in [4.69, 9.17) is 5.26 Å². The number of hydrogen-bond donors (Lipinski definition) is 1. The van der Waals surface area contributed by atoms with Gasteiger partial charge in [0.15, 0.2) is 0 Å². The average Bonchev–Trinajstić information content (AvgIpc) is 2.77. The number of para-hydroxylation sites is 1. The molecule has 0 saturated carbocycles. The van der Waals surface area contributed by atoms with E-state index in [-0.39, 0.29) is 0 Å². The first-order chi connectivity index (χ1) is 8.02. The van der Waals surface area contributed by atoms with Crippen LogP contribution in [0.1, 0.15) is 25.1 Å². The number of rotatable bonds is 2.